The van der Waals surface area contributed by atoms with Gasteiger partial charge in [0.2, 0.25) is 0 Å². The number of nitrogens with zero attached hydrogens (tertiary/aromatic N) is 1. The molecule has 0 amide bonds. The number of hydrogen-bond acceptors (Lipinski definition) is 6. The summed E-state index contributed by atoms with van der Waals surface area (Å²) in [7, 11) is -5.38. The first-order valence-electron chi connectivity index (χ1n) is 3.72. The maximum Gasteiger partial charge on any atom is 0.491 e. The maximum atomic E-state index is 12.0. The van der Waals surface area contributed by atoms with Crippen LogP contribution in [0.2, 0.25) is 0 Å². The summed E-state index contributed by atoms with van der Waals surface area (Å²) in [5.74, 6) is -1.45. The van der Waals surface area contributed by atoms with E-state index in [-0.39, 0.29) is 11.3 Å². The molecule has 1 rings (SSSR count). The highest BCUT2D eigenvalue weighted by molar-refractivity contribution is 7.81. The molecular formula is C7H4FNO6S. The third kappa shape index (κ3) is 3.28. The van der Waals surface area contributed by atoms with Gasteiger partial charge in [-0.15, -0.1) is 0 Å². The molecule has 9 heteroatoms. The normalized spacial score (nSPS) is 10.8. The average molecular weight is 249 g/mol. The van der Waals surface area contributed by atoms with E-state index in [4.69, 9.17) is 0 Å². The fourth-order valence-corrected chi connectivity index (χ4v) is 1.13. The van der Waals surface area contributed by atoms with Crippen molar-refractivity contribution < 1.29 is 26.2 Å². The summed E-state index contributed by atoms with van der Waals surface area (Å²) in [6.45, 7) is 0. The summed E-state index contributed by atoms with van der Waals surface area (Å²) in [4.78, 5) is 20.5. The number of non-ortho nitro benzene ring substituents is 1. The molecule has 1 aromatic carbocycles. The van der Waals surface area contributed by atoms with Gasteiger partial charge in [0.25, 0.3) is 5.69 Å². The fraction of sp³-hybridized carbons (Fsp3) is 0. The smallest absolute Gasteiger partial charge is 0.317 e. The first-order chi connectivity index (χ1) is 7.29. The van der Waals surface area contributed by atoms with Crippen molar-refractivity contribution in [3.63, 3.8) is 0 Å². The number of benzene rings is 1. The number of carbonyl (C=O) groups excluding carboxylic acids is 1. The van der Waals surface area contributed by atoms with Gasteiger partial charge in [-0.25, -0.2) is 4.79 Å². The molecule has 0 heterocycles. The van der Waals surface area contributed by atoms with Crippen LogP contribution < -0.4 is 0 Å². The monoisotopic (exact) mass is 249 g/mol. The van der Waals surface area contributed by atoms with E-state index in [1.165, 1.54) is 0 Å². The third-order valence-electron chi connectivity index (χ3n) is 1.49. The quantitative estimate of drug-likeness (QED) is 0.449. The molecule has 0 aromatic heterocycles. The van der Waals surface area contributed by atoms with Crippen LogP contribution in [0.1, 0.15) is 10.4 Å². The Bertz CT molecular complexity index is 522. The number of nitro benzene ring substituents is 1. The van der Waals surface area contributed by atoms with E-state index >= 15 is 0 Å². The first-order valence-corrected chi connectivity index (χ1v) is 5.03. The molecule has 0 radical (unpaired) electrons. The summed E-state index contributed by atoms with van der Waals surface area (Å²) >= 11 is 0. The van der Waals surface area contributed by atoms with Gasteiger partial charge in [0, 0.05) is 12.1 Å². The van der Waals surface area contributed by atoms with Crippen LogP contribution in [-0.2, 0) is 14.7 Å². The van der Waals surface area contributed by atoms with Gasteiger partial charge in [0.15, 0.2) is 0 Å². The molecule has 1 aromatic rings. The molecule has 0 saturated carbocycles. The third-order valence-corrected chi connectivity index (χ3v) is 1.84. The molecule has 0 spiro atoms. The molecule has 0 aliphatic carbocycles. The van der Waals surface area contributed by atoms with Gasteiger partial charge < -0.3 is 4.18 Å². The summed E-state index contributed by atoms with van der Waals surface area (Å²) in [6.07, 6.45) is 0. The Hall–Kier alpha value is -2.03. The van der Waals surface area contributed by atoms with Crippen LogP contribution in [0, 0.1) is 10.1 Å². The number of halogens is 1. The van der Waals surface area contributed by atoms with Crippen LogP contribution in [0.25, 0.3) is 0 Å². The van der Waals surface area contributed by atoms with E-state index < -0.39 is 21.4 Å². The van der Waals surface area contributed by atoms with E-state index in [1.54, 1.807) is 0 Å². The molecular weight excluding hydrogens is 245 g/mol. The van der Waals surface area contributed by atoms with Crippen molar-refractivity contribution in [2.24, 2.45) is 0 Å². The second-order valence-corrected chi connectivity index (χ2v) is 3.52. The van der Waals surface area contributed by atoms with E-state index in [1.807, 2.05) is 0 Å². The van der Waals surface area contributed by atoms with Crippen molar-refractivity contribution in [3.8, 4) is 0 Å². The van der Waals surface area contributed by atoms with Crippen LogP contribution in [0.3, 0.4) is 0 Å². The van der Waals surface area contributed by atoms with Crippen LogP contribution in [0.4, 0.5) is 9.57 Å². The first kappa shape index (κ1) is 12.0. The highest BCUT2D eigenvalue weighted by Crippen LogP contribution is 2.13. The van der Waals surface area contributed by atoms with Gasteiger partial charge in [0.05, 0.1) is 10.5 Å². The summed E-state index contributed by atoms with van der Waals surface area (Å²) in [6, 6.07) is 3.82. The molecule has 7 nitrogen and oxygen atoms in total. The zero-order valence-electron chi connectivity index (χ0n) is 7.49. The summed E-state index contributed by atoms with van der Waals surface area (Å²) in [5.41, 5.74) is -0.605. The van der Waals surface area contributed by atoms with E-state index in [0.29, 0.717) is 0 Å². The Morgan fingerprint density at radius 1 is 1.31 bits per heavy atom. The lowest BCUT2D eigenvalue weighted by Gasteiger charge is -1.98. The standard InChI is InChI=1S/C7H4FNO6S/c8-16(13,14)15-7(10)5-1-3-6(4-2-5)9(11)12/h1-4H. The maximum absolute atomic E-state index is 12.0. The molecule has 0 fully saturated rings. The second-order valence-electron chi connectivity index (χ2n) is 2.57. The Kier molecular flexibility index (Phi) is 3.18. The van der Waals surface area contributed by atoms with Gasteiger partial charge in [-0.3, -0.25) is 10.1 Å². The lowest BCUT2D eigenvalue weighted by atomic mass is 10.2. The van der Waals surface area contributed by atoms with Crippen molar-refractivity contribution in [2.75, 3.05) is 0 Å². The van der Waals surface area contributed by atoms with Crippen LogP contribution in [0.5, 0.6) is 0 Å². The largest absolute Gasteiger partial charge is 0.491 e. The van der Waals surface area contributed by atoms with Crippen molar-refractivity contribution >= 4 is 22.2 Å². The van der Waals surface area contributed by atoms with Crippen molar-refractivity contribution in [2.45, 2.75) is 0 Å². The minimum absolute atomic E-state index is 0.292. The van der Waals surface area contributed by atoms with Crippen LogP contribution in [0.15, 0.2) is 24.3 Å². The van der Waals surface area contributed by atoms with Crippen molar-refractivity contribution in [1.82, 2.24) is 0 Å². The van der Waals surface area contributed by atoms with Crippen molar-refractivity contribution in [3.05, 3.63) is 39.9 Å². The Morgan fingerprint density at radius 2 is 1.81 bits per heavy atom. The lowest BCUT2D eigenvalue weighted by molar-refractivity contribution is -0.384. The van der Waals surface area contributed by atoms with Crippen molar-refractivity contribution in [1.29, 1.82) is 0 Å². The number of carbonyl (C=O) groups is 1. The van der Waals surface area contributed by atoms with E-state index in [9.17, 15) is 27.2 Å². The van der Waals surface area contributed by atoms with Crippen LogP contribution in [-0.4, -0.2) is 19.3 Å². The predicted octanol–water partition coefficient (Wildman–Crippen LogP) is 0.966. The van der Waals surface area contributed by atoms with Gasteiger partial charge in [-0.2, -0.15) is 8.42 Å². The summed E-state index contributed by atoms with van der Waals surface area (Å²) in [5, 5.41) is 10.2. The van der Waals surface area contributed by atoms with Crippen LogP contribution >= 0.6 is 0 Å². The number of nitro groups is 1. The number of hydrogen-bond donors (Lipinski definition) is 0. The van der Waals surface area contributed by atoms with Gasteiger partial charge in [-0.1, -0.05) is 3.89 Å². The molecule has 0 atom stereocenters. The molecule has 16 heavy (non-hydrogen) atoms. The minimum Gasteiger partial charge on any atom is -0.317 e. The van der Waals surface area contributed by atoms with Gasteiger partial charge in [0.1, 0.15) is 0 Å². The van der Waals surface area contributed by atoms with E-state index in [2.05, 4.69) is 4.18 Å². The molecule has 0 unspecified atom stereocenters. The topological polar surface area (TPSA) is 104 Å². The second kappa shape index (κ2) is 4.23. The Labute approximate surface area is 89.0 Å². The van der Waals surface area contributed by atoms with Gasteiger partial charge in [-0.05, 0) is 12.1 Å². The molecule has 0 aliphatic heterocycles. The molecule has 0 saturated heterocycles. The minimum atomic E-state index is -5.38. The average Bonchev–Trinajstić information content (AvgIpc) is 2.15. The lowest BCUT2D eigenvalue weighted by Crippen LogP contribution is -2.08. The fourth-order valence-electron chi connectivity index (χ4n) is 0.858. The highest BCUT2D eigenvalue weighted by Gasteiger charge is 2.18. The summed E-state index contributed by atoms with van der Waals surface area (Å²) < 4.78 is 35.3. The predicted molar refractivity (Wildman–Crippen MR) is 48.5 cm³/mol. The Balaban J connectivity index is 2.90. The van der Waals surface area contributed by atoms with Gasteiger partial charge >= 0.3 is 16.5 Å². The van der Waals surface area contributed by atoms with E-state index in [0.717, 1.165) is 24.3 Å². The molecule has 86 valence electrons. The molecule has 0 N–H and O–H groups in total. The highest BCUT2D eigenvalue weighted by atomic mass is 32.3. The Morgan fingerprint density at radius 3 is 2.19 bits per heavy atom. The molecule has 0 bridgehead atoms. The zero-order chi connectivity index (χ0) is 12.3. The molecule has 0 aliphatic rings. The zero-order valence-corrected chi connectivity index (χ0v) is 8.31. The SMILES string of the molecule is O=C(OS(=O)(=O)F)c1ccc([N+](=O)[O-])cc1. The number of rotatable bonds is 3.